The number of nitriles is 1. The number of nitrogens with zero attached hydrogens (tertiary/aromatic N) is 2. The fourth-order valence-corrected chi connectivity index (χ4v) is 2.22. The third-order valence-electron chi connectivity index (χ3n) is 2.96. The highest BCUT2D eigenvalue weighted by Crippen LogP contribution is 2.47. The maximum absolute atomic E-state index is 8.57. The summed E-state index contributed by atoms with van der Waals surface area (Å²) in [6, 6.07) is 2.61. The fourth-order valence-electron chi connectivity index (χ4n) is 1.48. The number of alkyl halides is 1. The number of halogens is 1. The molecule has 0 bridgehead atoms. The van der Waals surface area contributed by atoms with Gasteiger partial charge in [0, 0.05) is 17.9 Å². The third-order valence-corrected chi connectivity index (χ3v) is 4.15. The lowest BCUT2D eigenvalue weighted by Gasteiger charge is -2.26. The van der Waals surface area contributed by atoms with Gasteiger partial charge in [-0.2, -0.15) is 5.26 Å². The van der Waals surface area contributed by atoms with Crippen molar-refractivity contribution in [1.82, 2.24) is 4.90 Å². The van der Waals surface area contributed by atoms with Gasteiger partial charge in [-0.3, -0.25) is 0 Å². The number of hydrogen-bond acceptors (Lipinski definition) is 2. The van der Waals surface area contributed by atoms with Crippen LogP contribution in [0.4, 0.5) is 0 Å². The summed E-state index contributed by atoms with van der Waals surface area (Å²) in [6.45, 7) is 3.24. The molecule has 1 atom stereocenters. The van der Waals surface area contributed by atoms with Crippen LogP contribution in [-0.4, -0.2) is 29.9 Å². The van der Waals surface area contributed by atoms with Crippen molar-refractivity contribution in [2.75, 3.05) is 18.9 Å². The zero-order valence-electron chi connectivity index (χ0n) is 8.39. The average molecular weight is 245 g/mol. The molecule has 0 saturated heterocycles. The van der Waals surface area contributed by atoms with Crippen LogP contribution in [0.3, 0.4) is 0 Å². The zero-order chi connectivity index (χ0) is 9.90. The molecule has 0 amide bonds. The van der Waals surface area contributed by atoms with E-state index in [1.807, 2.05) is 0 Å². The second-order valence-corrected chi connectivity index (χ2v) is 4.82. The molecule has 0 N–H and O–H groups in total. The normalized spacial score (nSPS) is 21.2. The Morgan fingerprint density at radius 2 is 2.23 bits per heavy atom. The van der Waals surface area contributed by atoms with Crippen molar-refractivity contribution < 1.29 is 0 Å². The van der Waals surface area contributed by atoms with Crippen molar-refractivity contribution in [2.45, 2.75) is 32.2 Å². The fraction of sp³-hybridized carbons (Fsp3) is 0.900. The number of hydrogen-bond donors (Lipinski definition) is 0. The van der Waals surface area contributed by atoms with Gasteiger partial charge >= 0.3 is 0 Å². The van der Waals surface area contributed by atoms with Crippen LogP contribution in [0.1, 0.15) is 26.2 Å². The minimum Gasteiger partial charge on any atom is -0.302 e. The van der Waals surface area contributed by atoms with Crippen LogP contribution in [0.2, 0.25) is 0 Å². The number of rotatable bonds is 5. The smallest absolute Gasteiger partial charge is 0.0638 e. The van der Waals surface area contributed by atoms with Crippen LogP contribution in [0.15, 0.2) is 0 Å². The zero-order valence-corrected chi connectivity index (χ0v) is 9.97. The monoisotopic (exact) mass is 244 g/mol. The van der Waals surface area contributed by atoms with Crippen LogP contribution in [0.25, 0.3) is 0 Å². The van der Waals surface area contributed by atoms with E-state index in [1.165, 1.54) is 12.8 Å². The second kappa shape index (κ2) is 4.43. The van der Waals surface area contributed by atoms with E-state index in [0.717, 1.165) is 11.9 Å². The van der Waals surface area contributed by atoms with Crippen LogP contribution >= 0.6 is 15.9 Å². The molecule has 1 rings (SSSR count). The predicted molar refractivity (Wildman–Crippen MR) is 57.8 cm³/mol. The van der Waals surface area contributed by atoms with Gasteiger partial charge in [0.2, 0.25) is 0 Å². The molecule has 1 unspecified atom stereocenters. The van der Waals surface area contributed by atoms with Gasteiger partial charge in [0.25, 0.3) is 0 Å². The molecule has 1 saturated carbocycles. The van der Waals surface area contributed by atoms with Gasteiger partial charge in [0.15, 0.2) is 0 Å². The van der Waals surface area contributed by atoms with Crippen molar-refractivity contribution in [2.24, 2.45) is 5.41 Å². The van der Waals surface area contributed by atoms with Gasteiger partial charge in [0.1, 0.15) is 0 Å². The van der Waals surface area contributed by atoms with Gasteiger partial charge < -0.3 is 4.90 Å². The van der Waals surface area contributed by atoms with Crippen molar-refractivity contribution >= 4 is 15.9 Å². The summed E-state index contributed by atoms with van der Waals surface area (Å²) in [5.41, 5.74) is 0.526. The van der Waals surface area contributed by atoms with E-state index in [1.54, 1.807) is 0 Å². The van der Waals surface area contributed by atoms with Crippen molar-refractivity contribution in [3.63, 3.8) is 0 Å². The molecule has 0 aromatic rings. The Bertz CT molecular complexity index is 205. The Balaban J connectivity index is 2.32. The molecule has 0 aromatic heterocycles. The first kappa shape index (κ1) is 11.0. The highest BCUT2D eigenvalue weighted by Gasteiger charge is 2.42. The van der Waals surface area contributed by atoms with Crippen molar-refractivity contribution in [1.29, 1.82) is 5.26 Å². The minimum absolute atomic E-state index is 0.390. The van der Waals surface area contributed by atoms with Gasteiger partial charge in [-0.1, -0.05) is 15.9 Å². The minimum atomic E-state index is 0.390. The molecule has 13 heavy (non-hydrogen) atoms. The topological polar surface area (TPSA) is 27.0 Å². The first-order chi connectivity index (χ1) is 6.13. The lowest BCUT2D eigenvalue weighted by atomic mass is 10.1. The van der Waals surface area contributed by atoms with E-state index in [4.69, 9.17) is 5.26 Å². The molecule has 2 nitrogen and oxygen atoms in total. The Morgan fingerprint density at radius 1 is 1.62 bits per heavy atom. The molecule has 0 radical (unpaired) electrons. The van der Waals surface area contributed by atoms with E-state index < -0.39 is 0 Å². The highest BCUT2D eigenvalue weighted by molar-refractivity contribution is 9.09. The summed E-state index contributed by atoms with van der Waals surface area (Å²) in [6.07, 6.45) is 3.30. The maximum Gasteiger partial charge on any atom is 0.0638 e. The van der Waals surface area contributed by atoms with Gasteiger partial charge in [-0.15, -0.1) is 0 Å². The lowest BCUT2D eigenvalue weighted by Crippen LogP contribution is -2.34. The van der Waals surface area contributed by atoms with Crippen LogP contribution in [0, 0.1) is 16.7 Å². The van der Waals surface area contributed by atoms with E-state index in [2.05, 4.69) is 40.9 Å². The summed E-state index contributed by atoms with van der Waals surface area (Å²) < 4.78 is 0. The predicted octanol–water partition coefficient (Wildman–Crippen LogP) is 2.40. The molecule has 0 heterocycles. The van der Waals surface area contributed by atoms with Crippen LogP contribution in [-0.2, 0) is 0 Å². The summed E-state index contributed by atoms with van der Waals surface area (Å²) in [5.74, 6) is 0. The largest absolute Gasteiger partial charge is 0.302 e. The Hall–Kier alpha value is -0.0700. The second-order valence-electron chi connectivity index (χ2n) is 4.26. The highest BCUT2D eigenvalue weighted by atomic mass is 79.9. The van der Waals surface area contributed by atoms with Crippen LogP contribution in [0.5, 0.6) is 0 Å². The van der Waals surface area contributed by atoms with E-state index in [-0.39, 0.29) is 0 Å². The average Bonchev–Trinajstić information content (AvgIpc) is 2.86. The Kier molecular flexibility index (Phi) is 3.75. The molecule has 0 aliphatic heterocycles. The molecular weight excluding hydrogens is 228 g/mol. The molecule has 74 valence electrons. The van der Waals surface area contributed by atoms with E-state index >= 15 is 0 Å². The molecule has 3 heteroatoms. The SMILES string of the molecule is CC(CC#N)N(C)CC1(CBr)CC1. The molecule has 1 aliphatic rings. The standard InChI is InChI=1S/C10H17BrN2/c1-9(3-6-12)13(2)8-10(7-11)4-5-10/h9H,3-5,7-8H2,1-2H3. The molecule has 1 aliphatic carbocycles. The quantitative estimate of drug-likeness (QED) is 0.695. The molecule has 0 aromatic carbocycles. The molecule has 0 spiro atoms. The summed E-state index contributed by atoms with van der Waals surface area (Å²) >= 11 is 3.56. The van der Waals surface area contributed by atoms with E-state index in [0.29, 0.717) is 17.9 Å². The van der Waals surface area contributed by atoms with Gasteiger partial charge in [0.05, 0.1) is 12.5 Å². The van der Waals surface area contributed by atoms with Gasteiger partial charge in [-0.05, 0) is 32.2 Å². The first-order valence-electron chi connectivity index (χ1n) is 4.77. The summed E-state index contributed by atoms with van der Waals surface area (Å²) in [5, 5.41) is 9.67. The Morgan fingerprint density at radius 3 is 2.62 bits per heavy atom. The summed E-state index contributed by atoms with van der Waals surface area (Å²) in [7, 11) is 2.12. The van der Waals surface area contributed by atoms with Crippen LogP contribution < -0.4 is 0 Å². The first-order valence-corrected chi connectivity index (χ1v) is 5.89. The van der Waals surface area contributed by atoms with Crippen molar-refractivity contribution in [3.05, 3.63) is 0 Å². The molecule has 1 fully saturated rings. The molecular formula is C10H17BrN2. The van der Waals surface area contributed by atoms with Crippen molar-refractivity contribution in [3.8, 4) is 6.07 Å². The van der Waals surface area contributed by atoms with E-state index in [9.17, 15) is 0 Å². The third kappa shape index (κ3) is 2.96. The lowest BCUT2D eigenvalue weighted by molar-refractivity contribution is 0.220. The Labute approximate surface area is 89.0 Å². The summed E-state index contributed by atoms with van der Waals surface area (Å²) in [4.78, 5) is 2.30. The maximum atomic E-state index is 8.57. The van der Waals surface area contributed by atoms with Gasteiger partial charge in [-0.25, -0.2) is 0 Å².